The normalized spacial score (nSPS) is 14.6. The second-order valence-electron chi connectivity index (χ2n) is 4.41. The molecule has 0 amide bonds. The summed E-state index contributed by atoms with van der Waals surface area (Å²) in [6.45, 7) is 6.47. The molecule has 0 aliphatic heterocycles. The predicted molar refractivity (Wildman–Crippen MR) is 70.4 cm³/mol. The van der Waals surface area contributed by atoms with E-state index in [1.807, 2.05) is 6.07 Å². The lowest BCUT2D eigenvalue weighted by Gasteiger charge is -2.20. The highest BCUT2D eigenvalue weighted by atomic mass is 35.5. The van der Waals surface area contributed by atoms with Crippen molar-refractivity contribution in [1.29, 1.82) is 0 Å². The molecule has 2 atom stereocenters. The van der Waals surface area contributed by atoms with Gasteiger partial charge in [-0.15, -0.1) is 11.6 Å². The van der Waals surface area contributed by atoms with Gasteiger partial charge in [0.2, 0.25) is 0 Å². The average molecular weight is 241 g/mol. The SMILES string of the molecule is CCCC(C)C(Cl)c1cc(C)ccc1OC. The van der Waals surface area contributed by atoms with Gasteiger partial charge in [-0.2, -0.15) is 0 Å². The molecule has 0 saturated heterocycles. The Kier molecular flexibility index (Phi) is 5.14. The maximum absolute atomic E-state index is 6.51. The molecule has 1 aromatic rings. The van der Waals surface area contributed by atoms with Crippen molar-refractivity contribution in [3.63, 3.8) is 0 Å². The minimum absolute atomic E-state index is 0.0369. The zero-order valence-electron chi connectivity index (χ0n) is 10.6. The number of alkyl halides is 1. The summed E-state index contributed by atoms with van der Waals surface area (Å²) < 4.78 is 5.37. The lowest BCUT2D eigenvalue weighted by molar-refractivity contribution is 0.401. The van der Waals surface area contributed by atoms with Crippen LogP contribution in [0.2, 0.25) is 0 Å². The predicted octanol–water partition coefficient (Wildman–Crippen LogP) is 4.72. The van der Waals surface area contributed by atoms with Crippen molar-refractivity contribution in [2.45, 2.75) is 39.0 Å². The van der Waals surface area contributed by atoms with Gasteiger partial charge in [0.1, 0.15) is 5.75 Å². The Morgan fingerprint density at radius 3 is 2.62 bits per heavy atom. The van der Waals surface area contributed by atoms with Crippen LogP contribution in [0.4, 0.5) is 0 Å². The first-order valence-corrected chi connectivity index (χ1v) is 6.32. The van der Waals surface area contributed by atoms with Crippen molar-refractivity contribution in [3.05, 3.63) is 29.3 Å². The molecule has 90 valence electrons. The molecule has 0 bridgehead atoms. The van der Waals surface area contributed by atoms with E-state index in [1.54, 1.807) is 7.11 Å². The third kappa shape index (κ3) is 3.15. The summed E-state index contributed by atoms with van der Waals surface area (Å²) in [5, 5.41) is 0.0369. The molecule has 2 unspecified atom stereocenters. The number of hydrogen-bond acceptors (Lipinski definition) is 1. The third-order valence-electron chi connectivity index (χ3n) is 2.93. The molecule has 0 aliphatic rings. The highest BCUT2D eigenvalue weighted by Crippen LogP contribution is 2.37. The van der Waals surface area contributed by atoms with Gasteiger partial charge in [-0.05, 0) is 25.3 Å². The summed E-state index contributed by atoms with van der Waals surface area (Å²) in [6, 6.07) is 6.18. The van der Waals surface area contributed by atoms with E-state index < -0.39 is 0 Å². The number of benzene rings is 1. The largest absolute Gasteiger partial charge is 0.496 e. The van der Waals surface area contributed by atoms with Crippen LogP contribution in [-0.4, -0.2) is 7.11 Å². The average Bonchev–Trinajstić information content (AvgIpc) is 2.28. The summed E-state index contributed by atoms with van der Waals surface area (Å²) in [5.41, 5.74) is 2.34. The van der Waals surface area contributed by atoms with Crippen LogP contribution in [0, 0.1) is 12.8 Å². The second kappa shape index (κ2) is 6.15. The van der Waals surface area contributed by atoms with E-state index in [1.165, 1.54) is 12.0 Å². The first-order valence-electron chi connectivity index (χ1n) is 5.88. The Morgan fingerprint density at radius 1 is 1.38 bits per heavy atom. The van der Waals surface area contributed by atoms with Crippen molar-refractivity contribution in [3.8, 4) is 5.75 Å². The molecule has 0 aliphatic carbocycles. The standard InChI is InChI=1S/C14H21ClO/c1-5-6-11(3)14(15)12-9-10(2)7-8-13(12)16-4/h7-9,11,14H,5-6H2,1-4H3. The molecule has 1 nitrogen and oxygen atoms in total. The highest BCUT2D eigenvalue weighted by Gasteiger charge is 2.19. The Bertz CT molecular complexity index is 336. The number of halogens is 1. The van der Waals surface area contributed by atoms with E-state index in [2.05, 4.69) is 32.9 Å². The molecular formula is C14H21ClO. The van der Waals surface area contributed by atoms with Crippen LogP contribution in [0.25, 0.3) is 0 Å². The van der Waals surface area contributed by atoms with Gasteiger partial charge in [0, 0.05) is 5.56 Å². The number of hydrogen-bond donors (Lipinski definition) is 0. The quantitative estimate of drug-likeness (QED) is 0.677. The molecule has 0 N–H and O–H groups in total. The molecule has 16 heavy (non-hydrogen) atoms. The van der Waals surface area contributed by atoms with E-state index in [4.69, 9.17) is 16.3 Å². The number of methoxy groups -OCH3 is 1. The lowest BCUT2D eigenvalue weighted by Crippen LogP contribution is -2.05. The smallest absolute Gasteiger partial charge is 0.123 e. The maximum atomic E-state index is 6.51. The monoisotopic (exact) mass is 240 g/mol. The lowest BCUT2D eigenvalue weighted by atomic mass is 9.95. The van der Waals surface area contributed by atoms with Crippen molar-refractivity contribution in [1.82, 2.24) is 0 Å². The minimum atomic E-state index is 0.0369. The van der Waals surface area contributed by atoms with Gasteiger partial charge in [-0.3, -0.25) is 0 Å². The number of ether oxygens (including phenoxy) is 1. The van der Waals surface area contributed by atoms with Crippen LogP contribution in [0.1, 0.15) is 43.2 Å². The Hall–Kier alpha value is -0.690. The van der Waals surface area contributed by atoms with Crippen LogP contribution in [0.15, 0.2) is 18.2 Å². The molecule has 1 aromatic carbocycles. The molecule has 2 heteroatoms. The molecule has 0 aromatic heterocycles. The van der Waals surface area contributed by atoms with Crippen LogP contribution >= 0.6 is 11.6 Å². The van der Waals surface area contributed by atoms with E-state index in [9.17, 15) is 0 Å². The zero-order valence-corrected chi connectivity index (χ0v) is 11.3. The van der Waals surface area contributed by atoms with E-state index in [0.717, 1.165) is 17.7 Å². The zero-order chi connectivity index (χ0) is 12.1. The van der Waals surface area contributed by atoms with Crippen LogP contribution in [-0.2, 0) is 0 Å². The Morgan fingerprint density at radius 2 is 2.06 bits per heavy atom. The Balaban J connectivity index is 2.96. The van der Waals surface area contributed by atoms with Crippen LogP contribution in [0.5, 0.6) is 5.75 Å². The van der Waals surface area contributed by atoms with Crippen LogP contribution in [0.3, 0.4) is 0 Å². The van der Waals surface area contributed by atoms with Gasteiger partial charge in [0.25, 0.3) is 0 Å². The molecular weight excluding hydrogens is 220 g/mol. The molecule has 0 heterocycles. The van der Waals surface area contributed by atoms with Gasteiger partial charge in [0.15, 0.2) is 0 Å². The molecule has 0 fully saturated rings. The first-order chi connectivity index (χ1) is 7.60. The van der Waals surface area contributed by atoms with Crippen molar-refractivity contribution < 1.29 is 4.74 Å². The van der Waals surface area contributed by atoms with Gasteiger partial charge in [0.05, 0.1) is 12.5 Å². The van der Waals surface area contributed by atoms with Crippen molar-refractivity contribution >= 4 is 11.6 Å². The minimum Gasteiger partial charge on any atom is -0.496 e. The number of aryl methyl sites for hydroxylation is 1. The fourth-order valence-electron chi connectivity index (χ4n) is 1.98. The maximum Gasteiger partial charge on any atom is 0.123 e. The van der Waals surface area contributed by atoms with Gasteiger partial charge in [-0.1, -0.05) is 38.0 Å². The van der Waals surface area contributed by atoms with E-state index in [-0.39, 0.29) is 5.38 Å². The van der Waals surface area contributed by atoms with E-state index >= 15 is 0 Å². The first kappa shape index (κ1) is 13.4. The van der Waals surface area contributed by atoms with Crippen molar-refractivity contribution in [2.75, 3.05) is 7.11 Å². The summed E-state index contributed by atoms with van der Waals surface area (Å²) in [4.78, 5) is 0. The molecule has 0 radical (unpaired) electrons. The fraction of sp³-hybridized carbons (Fsp3) is 0.571. The summed E-state index contributed by atoms with van der Waals surface area (Å²) >= 11 is 6.51. The molecule has 0 spiro atoms. The third-order valence-corrected chi connectivity index (χ3v) is 3.59. The summed E-state index contributed by atoms with van der Waals surface area (Å²) in [5.74, 6) is 1.37. The summed E-state index contributed by atoms with van der Waals surface area (Å²) in [6.07, 6.45) is 2.31. The van der Waals surface area contributed by atoms with Gasteiger partial charge in [-0.25, -0.2) is 0 Å². The van der Waals surface area contributed by atoms with Gasteiger partial charge < -0.3 is 4.74 Å². The molecule has 1 rings (SSSR count). The van der Waals surface area contributed by atoms with Crippen LogP contribution < -0.4 is 4.74 Å². The second-order valence-corrected chi connectivity index (χ2v) is 4.88. The topological polar surface area (TPSA) is 9.23 Å². The fourth-order valence-corrected chi connectivity index (χ4v) is 2.27. The van der Waals surface area contributed by atoms with Crippen molar-refractivity contribution in [2.24, 2.45) is 5.92 Å². The summed E-state index contributed by atoms with van der Waals surface area (Å²) in [7, 11) is 1.70. The number of rotatable bonds is 5. The highest BCUT2D eigenvalue weighted by molar-refractivity contribution is 6.21. The van der Waals surface area contributed by atoms with Gasteiger partial charge >= 0.3 is 0 Å². The molecule has 0 saturated carbocycles. The van der Waals surface area contributed by atoms with E-state index in [0.29, 0.717) is 5.92 Å². The Labute approximate surface area is 104 Å².